The Hall–Kier alpha value is -0.980. The standard InChI is InChI=1S/C24H23N2O7PS.2Na/c1-13-21-16(11-32-3)7-8-17(14(2)27)23(21)35-22(13)24(28)26-20-10-9-18-15(12-33-34(29,30)31)5-4-6-19(18)25-20;;/h4-10H,11-12H2,1-3H3,(H,25,26,28)(H2,29,30,31);;/q;2*+1/p-2. The number of pyridine rings is 1. The second kappa shape index (κ2) is 13.4. The Morgan fingerprint density at radius 1 is 1.05 bits per heavy atom. The van der Waals surface area contributed by atoms with Gasteiger partial charge in [0.1, 0.15) is 5.82 Å². The van der Waals surface area contributed by atoms with Gasteiger partial charge in [0.15, 0.2) is 5.78 Å². The van der Waals surface area contributed by atoms with Gasteiger partial charge in [-0.05, 0) is 54.8 Å². The maximum Gasteiger partial charge on any atom is 1.00 e. The van der Waals surface area contributed by atoms with Crippen LogP contribution in [-0.4, -0.2) is 23.8 Å². The first-order chi connectivity index (χ1) is 16.6. The molecule has 0 bridgehead atoms. The van der Waals surface area contributed by atoms with Crippen molar-refractivity contribution in [2.24, 2.45) is 0 Å². The van der Waals surface area contributed by atoms with Crippen LogP contribution in [-0.2, 0) is 27.0 Å². The van der Waals surface area contributed by atoms with E-state index in [0.29, 0.717) is 39.3 Å². The largest absolute Gasteiger partial charge is 1.00 e. The number of ether oxygens (including phenoxy) is 1. The maximum atomic E-state index is 13.2. The summed E-state index contributed by atoms with van der Waals surface area (Å²) in [5.74, 6) is -0.167. The average molecular weight is 558 g/mol. The zero-order chi connectivity index (χ0) is 25.3. The molecule has 2 aromatic heterocycles. The van der Waals surface area contributed by atoms with Crippen LogP contribution >= 0.6 is 19.2 Å². The quantitative estimate of drug-likeness (QED) is 0.145. The van der Waals surface area contributed by atoms with Crippen molar-refractivity contribution >= 4 is 57.7 Å². The van der Waals surface area contributed by atoms with Gasteiger partial charge in [0.05, 0.1) is 31.4 Å². The number of nitrogens with zero attached hydrogens (tertiary/aromatic N) is 1. The predicted molar refractivity (Wildman–Crippen MR) is 129 cm³/mol. The van der Waals surface area contributed by atoms with Crippen molar-refractivity contribution < 1.29 is 92.3 Å². The molecule has 0 aliphatic heterocycles. The van der Waals surface area contributed by atoms with Gasteiger partial charge in [-0.1, -0.05) is 18.2 Å². The molecule has 13 heteroatoms. The number of hydrogen-bond acceptors (Lipinski definition) is 9. The van der Waals surface area contributed by atoms with Gasteiger partial charge in [-0.2, -0.15) is 0 Å². The molecule has 1 N–H and O–H groups in total. The van der Waals surface area contributed by atoms with Gasteiger partial charge in [-0.25, -0.2) is 4.98 Å². The molecule has 0 radical (unpaired) electrons. The molecule has 182 valence electrons. The number of hydrogen-bond donors (Lipinski definition) is 1. The predicted octanol–water partition coefficient (Wildman–Crippen LogP) is -2.29. The first-order valence-corrected chi connectivity index (χ1v) is 12.8. The van der Waals surface area contributed by atoms with Crippen LogP contribution < -0.4 is 74.2 Å². The number of aromatic nitrogens is 1. The van der Waals surface area contributed by atoms with Crippen LogP contribution in [0.25, 0.3) is 21.0 Å². The molecule has 0 spiro atoms. The number of carbonyl (C=O) groups excluding carboxylic acids is 2. The van der Waals surface area contributed by atoms with Crippen molar-refractivity contribution in [3.8, 4) is 0 Å². The number of ketones is 1. The SMILES string of the molecule is COCc1ccc(C(C)=O)c2sc(C(=O)Nc3ccc4c(COP(=O)([O-])[O-])cccc4n3)c(C)c12.[Na+].[Na+]. The molecule has 0 aliphatic rings. The van der Waals surface area contributed by atoms with Gasteiger partial charge >= 0.3 is 59.1 Å². The van der Waals surface area contributed by atoms with E-state index in [4.69, 9.17) is 4.74 Å². The van der Waals surface area contributed by atoms with Crippen molar-refractivity contribution in [3.05, 3.63) is 69.6 Å². The molecular weight excluding hydrogens is 537 g/mol. The van der Waals surface area contributed by atoms with Crippen LogP contribution in [0.15, 0.2) is 42.5 Å². The number of thiophene rings is 1. The van der Waals surface area contributed by atoms with Crippen molar-refractivity contribution in [2.45, 2.75) is 27.1 Å². The second-order valence-electron chi connectivity index (χ2n) is 7.88. The molecular formula is C24H21N2Na2O7PS. The minimum Gasteiger partial charge on any atom is -0.790 e. The van der Waals surface area contributed by atoms with Gasteiger partial charge < -0.3 is 28.9 Å². The van der Waals surface area contributed by atoms with Crippen LogP contribution in [0.1, 0.15) is 43.6 Å². The molecule has 0 atom stereocenters. The summed E-state index contributed by atoms with van der Waals surface area (Å²) in [7, 11) is -3.53. The summed E-state index contributed by atoms with van der Waals surface area (Å²) in [6, 6.07) is 11.8. The monoisotopic (exact) mass is 558 g/mol. The fourth-order valence-corrected chi connectivity index (χ4v) is 5.55. The summed E-state index contributed by atoms with van der Waals surface area (Å²) in [6.07, 6.45) is 0. The molecule has 1 amide bonds. The number of anilines is 1. The van der Waals surface area contributed by atoms with Gasteiger partial charge in [0.2, 0.25) is 0 Å². The van der Waals surface area contributed by atoms with Crippen molar-refractivity contribution in [3.63, 3.8) is 0 Å². The van der Waals surface area contributed by atoms with Gasteiger partial charge in [-0.3, -0.25) is 9.59 Å². The van der Waals surface area contributed by atoms with E-state index < -0.39 is 14.4 Å². The zero-order valence-electron chi connectivity index (χ0n) is 21.1. The maximum absolute atomic E-state index is 13.2. The molecule has 2 aromatic carbocycles. The summed E-state index contributed by atoms with van der Waals surface area (Å²) < 4.78 is 21.2. The number of nitrogens with one attached hydrogen (secondary N) is 1. The Bertz CT molecular complexity index is 1520. The number of carbonyl (C=O) groups is 2. The minimum absolute atomic E-state index is 0. The fourth-order valence-electron chi connectivity index (χ4n) is 3.94. The van der Waals surface area contributed by atoms with Gasteiger partial charge in [0.25, 0.3) is 5.91 Å². The molecule has 0 aliphatic carbocycles. The van der Waals surface area contributed by atoms with Crippen LogP contribution in [0.4, 0.5) is 5.82 Å². The number of methoxy groups -OCH3 is 1. The van der Waals surface area contributed by atoms with E-state index in [1.54, 1.807) is 43.5 Å². The van der Waals surface area contributed by atoms with Crippen molar-refractivity contribution in [1.82, 2.24) is 4.98 Å². The topological polar surface area (TPSA) is 141 Å². The third-order valence-electron chi connectivity index (χ3n) is 5.49. The summed E-state index contributed by atoms with van der Waals surface area (Å²) >= 11 is 1.24. The summed E-state index contributed by atoms with van der Waals surface area (Å²) in [5, 5.41) is 4.22. The Balaban J connectivity index is 0.00000241. The Morgan fingerprint density at radius 3 is 2.43 bits per heavy atom. The first kappa shape index (κ1) is 32.2. The van der Waals surface area contributed by atoms with Crippen LogP contribution in [0.5, 0.6) is 0 Å². The Kier molecular flexibility index (Phi) is 11.7. The summed E-state index contributed by atoms with van der Waals surface area (Å²) in [4.78, 5) is 51.9. The average Bonchev–Trinajstić information content (AvgIpc) is 3.15. The van der Waals surface area contributed by atoms with Gasteiger partial charge in [-0.15, -0.1) is 11.3 Å². The van der Waals surface area contributed by atoms with Crippen LogP contribution in [0.2, 0.25) is 0 Å². The summed E-state index contributed by atoms with van der Waals surface area (Å²) in [6.45, 7) is 3.27. The molecule has 0 saturated carbocycles. The molecule has 0 fully saturated rings. The second-order valence-corrected chi connectivity index (χ2v) is 10.1. The smallest absolute Gasteiger partial charge is 0.790 e. The van der Waals surface area contributed by atoms with E-state index in [0.717, 1.165) is 21.2 Å². The third-order valence-corrected chi connectivity index (χ3v) is 7.26. The van der Waals surface area contributed by atoms with Gasteiger partial charge in [0, 0.05) is 28.1 Å². The Morgan fingerprint density at radius 2 is 1.78 bits per heavy atom. The summed E-state index contributed by atoms with van der Waals surface area (Å²) in [5.41, 5.74) is 3.15. The molecule has 0 saturated heterocycles. The third kappa shape index (κ3) is 7.36. The van der Waals surface area contributed by atoms with E-state index in [1.807, 2.05) is 13.0 Å². The number of phosphoric acid groups is 1. The number of amides is 1. The van der Waals surface area contributed by atoms with Crippen LogP contribution in [0.3, 0.4) is 0 Å². The fraction of sp³-hybridized carbons (Fsp3) is 0.208. The molecule has 9 nitrogen and oxygen atoms in total. The number of aryl methyl sites for hydroxylation is 1. The van der Waals surface area contributed by atoms with Crippen molar-refractivity contribution in [1.29, 1.82) is 0 Å². The zero-order valence-corrected chi connectivity index (χ0v) is 26.8. The minimum atomic E-state index is -5.11. The molecule has 2 heterocycles. The Labute approximate surface area is 261 Å². The van der Waals surface area contributed by atoms with E-state index in [2.05, 4.69) is 14.8 Å². The molecule has 4 aromatic rings. The number of benzene rings is 2. The normalized spacial score (nSPS) is 11.2. The molecule has 4 rings (SSSR count). The number of Topliss-reactive ketones (excluding diaryl/α,β-unsaturated/α-hetero) is 1. The number of phosphoric ester groups is 1. The number of rotatable bonds is 8. The first-order valence-electron chi connectivity index (χ1n) is 10.5. The van der Waals surface area contributed by atoms with E-state index in [9.17, 15) is 23.9 Å². The van der Waals surface area contributed by atoms with E-state index >= 15 is 0 Å². The van der Waals surface area contributed by atoms with E-state index in [1.165, 1.54) is 18.3 Å². The van der Waals surface area contributed by atoms with Crippen molar-refractivity contribution in [2.75, 3.05) is 12.4 Å². The molecule has 0 unspecified atom stereocenters. The molecule has 37 heavy (non-hydrogen) atoms. The van der Waals surface area contributed by atoms with Crippen LogP contribution in [0, 0.1) is 6.92 Å². The number of fused-ring (bicyclic) bond motifs is 2. The van der Waals surface area contributed by atoms with E-state index in [-0.39, 0.29) is 70.8 Å².